The molecule has 1 aliphatic carbocycles. The topological polar surface area (TPSA) is 96.5 Å². The number of H-pyrrole nitrogens is 1. The van der Waals surface area contributed by atoms with Crippen molar-refractivity contribution in [3.05, 3.63) is 53.1 Å². The highest BCUT2D eigenvalue weighted by atomic mass is 19.1. The molecule has 3 aliphatic rings. The van der Waals surface area contributed by atoms with E-state index < -0.39 is 6.17 Å². The molecule has 36 heavy (non-hydrogen) atoms. The summed E-state index contributed by atoms with van der Waals surface area (Å²) in [6.45, 7) is 3.98. The summed E-state index contributed by atoms with van der Waals surface area (Å²) in [5.41, 5.74) is 10.5. The summed E-state index contributed by atoms with van der Waals surface area (Å²) in [4.78, 5) is 24.5. The van der Waals surface area contributed by atoms with E-state index in [1.807, 2.05) is 43.1 Å². The van der Waals surface area contributed by atoms with Gasteiger partial charge < -0.3 is 19.9 Å². The van der Waals surface area contributed by atoms with Crippen molar-refractivity contribution in [3.63, 3.8) is 0 Å². The number of hydrazine groups is 1. The number of aromatic nitrogens is 2. The third-order valence-corrected chi connectivity index (χ3v) is 8.02. The van der Waals surface area contributed by atoms with E-state index >= 15 is 4.39 Å². The van der Waals surface area contributed by atoms with Gasteiger partial charge in [-0.2, -0.15) is 0 Å². The zero-order chi connectivity index (χ0) is 25.4. The number of carbonyl (C=O) groups excluding carboxylic acids is 1. The van der Waals surface area contributed by atoms with Crippen LogP contribution >= 0.6 is 0 Å². The molecule has 2 aromatic rings. The lowest BCUT2D eigenvalue weighted by Gasteiger charge is -2.36. The molecule has 2 fully saturated rings. The number of halogens is 1. The zero-order valence-corrected chi connectivity index (χ0v) is 21.3. The lowest BCUT2D eigenvalue weighted by Crippen LogP contribution is -2.45. The van der Waals surface area contributed by atoms with Crippen LogP contribution in [-0.2, 0) is 11.2 Å². The van der Waals surface area contributed by atoms with Crippen LogP contribution in [0.5, 0.6) is 5.75 Å². The second-order valence-electron chi connectivity index (χ2n) is 10.6. The van der Waals surface area contributed by atoms with E-state index in [0.29, 0.717) is 19.5 Å². The largest absolute Gasteiger partial charge is 0.508 e. The predicted molar refractivity (Wildman–Crippen MR) is 137 cm³/mol. The van der Waals surface area contributed by atoms with Gasteiger partial charge in [-0.3, -0.25) is 10.2 Å². The van der Waals surface area contributed by atoms with Crippen LogP contribution in [0.4, 0.5) is 4.39 Å². The summed E-state index contributed by atoms with van der Waals surface area (Å²) in [7, 11) is 3.94. The van der Waals surface area contributed by atoms with E-state index in [2.05, 4.69) is 26.9 Å². The number of amides is 1. The van der Waals surface area contributed by atoms with Crippen molar-refractivity contribution in [2.75, 3.05) is 33.7 Å². The molecule has 5 unspecified atom stereocenters. The lowest BCUT2D eigenvalue weighted by atomic mass is 9.71. The van der Waals surface area contributed by atoms with Crippen LogP contribution in [0.15, 0.2) is 30.5 Å². The Balaban J connectivity index is 1.24. The number of hydrogen-bond donors (Lipinski definition) is 4. The first-order valence-corrected chi connectivity index (χ1v) is 13.0. The number of alkyl halides is 1. The Morgan fingerprint density at radius 3 is 2.89 bits per heavy atom. The van der Waals surface area contributed by atoms with Crippen LogP contribution in [0.25, 0.3) is 5.57 Å². The third kappa shape index (κ3) is 4.79. The Labute approximate surface area is 211 Å². The molecule has 3 heterocycles. The molecule has 0 bridgehead atoms. The van der Waals surface area contributed by atoms with Gasteiger partial charge in [0.1, 0.15) is 17.7 Å². The first-order chi connectivity index (χ1) is 17.4. The van der Waals surface area contributed by atoms with Crippen molar-refractivity contribution in [3.8, 4) is 5.75 Å². The number of fused-ring (bicyclic) bond motifs is 1. The average Bonchev–Trinajstić information content (AvgIpc) is 3.62. The second kappa shape index (κ2) is 10.3. The van der Waals surface area contributed by atoms with Crippen LogP contribution in [0, 0.1) is 5.92 Å². The molecule has 2 aliphatic heterocycles. The fourth-order valence-corrected chi connectivity index (χ4v) is 5.98. The van der Waals surface area contributed by atoms with Crippen LogP contribution in [0.2, 0.25) is 0 Å². The van der Waals surface area contributed by atoms with E-state index in [0.717, 1.165) is 54.0 Å². The Morgan fingerprint density at radius 2 is 2.11 bits per heavy atom. The van der Waals surface area contributed by atoms with Crippen molar-refractivity contribution in [1.29, 1.82) is 0 Å². The van der Waals surface area contributed by atoms with Gasteiger partial charge in [0.2, 0.25) is 5.91 Å². The SMILES string of the molecule is CCc1cc(O)ccc1C1CCC2C(c3ncc(C4=CCN(C(=O)CCN(C)C)C4)[nH]3)NNC2C1F. The number of nitrogens with zero attached hydrogens (tertiary/aromatic N) is 3. The highest BCUT2D eigenvalue weighted by molar-refractivity contribution is 5.81. The first-order valence-electron chi connectivity index (χ1n) is 13.0. The Morgan fingerprint density at radius 1 is 1.28 bits per heavy atom. The maximum absolute atomic E-state index is 15.8. The van der Waals surface area contributed by atoms with Gasteiger partial charge in [0.05, 0.1) is 24.0 Å². The number of aromatic hydroxyl groups is 1. The number of nitrogens with one attached hydrogen (secondary N) is 3. The minimum Gasteiger partial charge on any atom is -0.508 e. The lowest BCUT2D eigenvalue weighted by molar-refractivity contribution is -0.130. The van der Waals surface area contributed by atoms with Crippen LogP contribution < -0.4 is 10.9 Å². The van der Waals surface area contributed by atoms with Crippen molar-refractivity contribution in [2.45, 2.75) is 56.8 Å². The van der Waals surface area contributed by atoms with E-state index in [-0.39, 0.29) is 35.6 Å². The highest BCUT2D eigenvalue weighted by Gasteiger charge is 2.48. The molecule has 1 amide bonds. The van der Waals surface area contributed by atoms with E-state index in [9.17, 15) is 9.90 Å². The van der Waals surface area contributed by atoms with Crippen LogP contribution in [0.3, 0.4) is 0 Å². The number of rotatable bonds is 7. The number of aryl methyl sites for hydroxylation is 1. The predicted octanol–water partition coefficient (Wildman–Crippen LogP) is 2.90. The summed E-state index contributed by atoms with van der Waals surface area (Å²) < 4.78 is 15.8. The molecule has 0 radical (unpaired) electrons. The zero-order valence-electron chi connectivity index (χ0n) is 21.3. The van der Waals surface area contributed by atoms with Gasteiger partial charge in [-0.25, -0.2) is 14.8 Å². The molecule has 9 heteroatoms. The van der Waals surface area contributed by atoms with Gasteiger partial charge in [-0.05, 0) is 62.2 Å². The molecule has 1 saturated carbocycles. The number of aromatic amines is 1. The molecule has 4 N–H and O–H groups in total. The normalized spacial score (nSPS) is 28.0. The first kappa shape index (κ1) is 24.9. The average molecular weight is 497 g/mol. The highest BCUT2D eigenvalue weighted by Crippen LogP contribution is 2.45. The smallest absolute Gasteiger partial charge is 0.224 e. The summed E-state index contributed by atoms with van der Waals surface area (Å²) in [5, 5.41) is 9.86. The Bertz CT molecular complexity index is 1130. The molecule has 1 aromatic heterocycles. The molecule has 5 atom stereocenters. The van der Waals surface area contributed by atoms with Gasteiger partial charge in [-0.15, -0.1) is 0 Å². The van der Waals surface area contributed by atoms with Crippen molar-refractivity contribution >= 4 is 11.5 Å². The maximum Gasteiger partial charge on any atom is 0.224 e. The van der Waals surface area contributed by atoms with Crippen LogP contribution in [0.1, 0.15) is 60.8 Å². The molecule has 5 rings (SSSR count). The molecule has 0 spiro atoms. The van der Waals surface area contributed by atoms with Gasteiger partial charge in [0, 0.05) is 37.9 Å². The van der Waals surface area contributed by atoms with Crippen molar-refractivity contribution in [2.24, 2.45) is 5.92 Å². The van der Waals surface area contributed by atoms with Crippen molar-refractivity contribution in [1.82, 2.24) is 30.6 Å². The standard InChI is InChI=1S/C27H37FN6O2/c1-4-16-13-18(35)5-6-19(16)20-7-8-21-25(24(20)28)31-32-26(21)27-29-14-22(30-27)17-9-12-34(15-17)23(36)10-11-33(2)3/h5-6,9,13-14,20-21,24-26,31-32,35H,4,7-8,10-12,15H2,1-3H3,(H,29,30). The Kier molecular flexibility index (Phi) is 7.14. The fourth-order valence-electron chi connectivity index (χ4n) is 5.98. The van der Waals surface area contributed by atoms with Gasteiger partial charge in [0.25, 0.3) is 0 Å². The quantitative estimate of drug-likeness (QED) is 0.471. The fraction of sp³-hybridized carbons (Fsp3) is 0.556. The molecular formula is C27H37FN6O2. The monoisotopic (exact) mass is 496 g/mol. The molecule has 1 saturated heterocycles. The third-order valence-electron chi connectivity index (χ3n) is 8.02. The van der Waals surface area contributed by atoms with E-state index in [4.69, 9.17) is 0 Å². The van der Waals surface area contributed by atoms with E-state index in [1.165, 1.54) is 0 Å². The number of phenolic OH excluding ortho intramolecular Hbond substituents is 1. The number of carbonyl (C=O) groups is 1. The summed E-state index contributed by atoms with van der Waals surface area (Å²) in [6, 6.07) is 4.89. The second-order valence-corrected chi connectivity index (χ2v) is 10.6. The van der Waals surface area contributed by atoms with E-state index in [1.54, 1.807) is 12.1 Å². The maximum atomic E-state index is 15.8. The minimum absolute atomic E-state index is 0.0825. The van der Waals surface area contributed by atoms with Gasteiger partial charge in [-0.1, -0.05) is 19.1 Å². The number of benzene rings is 1. The molecular weight excluding hydrogens is 459 g/mol. The van der Waals surface area contributed by atoms with Gasteiger partial charge >= 0.3 is 0 Å². The minimum atomic E-state index is -1.04. The molecule has 1 aromatic carbocycles. The van der Waals surface area contributed by atoms with Crippen molar-refractivity contribution < 1.29 is 14.3 Å². The Hall–Kier alpha value is -2.75. The summed E-state index contributed by atoms with van der Waals surface area (Å²) >= 11 is 0. The number of imidazole rings is 1. The number of phenols is 1. The molecule has 8 nitrogen and oxygen atoms in total. The molecule has 194 valence electrons. The number of hydrogen-bond acceptors (Lipinski definition) is 6. The summed E-state index contributed by atoms with van der Waals surface area (Å²) in [5.74, 6) is 1.07. The summed E-state index contributed by atoms with van der Waals surface area (Å²) in [6.07, 6.45) is 5.77. The van der Waals surface area contributed by atoms with Gasteiger partial charge in [0.15, 0.2) is 0 Å². The van der Waals surface area contributed by atoms with Crippen LogP contribution in [-0.4, -0.2) is 76.7 Å².